The van der Waals surface area contributed by atoms with E-state index >= 15 is 0 Å². The first-order valence-electron chi connectivity index (χ1n) is 9.93. The average molecular weight is 423 g/mol. The highest BCUT2D eigenvalue weighted by Crippen LogP contribution is 2.31. The van der Waals surface area contributed by atoms with Crippen molar-refractivity contribution < 1.29 is 8.42 Å². The minimum atomic E-state index is -3.53. The smallest absolute Gasteiger partial charge is 0.246 e. The Bertz CT molecular complexity index is 959. The molecule has 1 saturated heterocycles. The number of hydrogen-bond donors (Lipinski definition) is 0. The predicted octanol–water partition coefficient (Wildman–Crippen LogP) is 3.78. The Morgan fingerprint density at radius 2 is 1.75 bits per heavy atom. The summed E-state index contributed by atoms with van der Waals surface area (Å²) in [4.78, 5) is 2.56. The lowest BCUT2D eigenvalue weighted by atomic mass is 10.1. The van der Waals surface area contributed by atoms with Gasteiger partial charge in [0, 0.05) is 43.1 Å². The Hall–Kier alpha value is -1.57. The van der Waals surface area contributed by atoms with Crippen LogP contribution >= 0.6 is 11.6 Å². The van der Waals surface area contributed by atoms with Crippen molar-refractivity contribution in [2.24, 2.45) is 0 Å². The standard InChI is InChI=1S/C20H27ClN4O2S/c1-15-7-8-17(21)13-19(15)23-9-11-24(12-10-23)28(26,27)20-14-25(22-16(20)2)18-5-3-4-6-18/h7-8,13-14,18H,3-6,9-12H2,1-2H3. The molecular formula is C20H27ClN4O2S. The summed E-state index contributed by atoms with van der Waals surface area (Å²) in [6, 6.07) is 6.18. The van der Waals surface area contributed by atoms with Crippen molar-refractivity contribution >= 4 is 27.3 Å². The van der Waals surface area contributed by atoms with E-state index in [-0.39, 0.29) is 0 Å². The van der Waals surface area contributed by atoms with Crippen LogP contribution in [0.25, 0.3) is 0 Å². The van der Waals surface area contributed by atoms with Crippen LogP contribution in [-0.2, 0) is 10.0 Å². The Morgan fingerprint density at radius 1 is 1.07 bits per heavy atom. The minimum Gasteiger partial charge on any atom is -0.369 e. The van der Waals surface area contributed by atoms with Crippen LogP contribution in [0.2, 0.25) is 5.02 Å². The van der Waals surface area contributed by atoms with Crippen LogP contribution in [-0.4, -0.2) is 48.7 Å². The number of benzene rings is 1. The number of aryl methyl sites for hydroxylation is 2. The lowest BCUT2D eigenvalue weighted by Gasteiger charge is -2.36. The maximum Gasteiger partial charge on any atom is 0.246 e. The lowest BCUT2D eigenvalue weighted by molar-refractivity contribution is 0.384. The van der Waals surface area contributed by atoms with Gasteiger partial charge in [-0.15, -0.1) is 0 Å². The number of nitrogens with zero attached hydrogens (tertiary/aromatic N) is 4. The summed E-state index contributed by atoms with van der Waals surface area (Å²) in [5.41, 5.74) is 2.82. The van der Waals surface area contributed by atoms with Gasteiger partial charge in [0.1, 0.15) is 4.90 Å². The van der Waals surface area contributed by atoms with E-state index < -0.39 is 10.0 Å². The van der Waals surface area contributed by atoms with E-state index in [0.717, 1.165) is 24.1 Å². The SMILES string of the molecule is Cc1ccc(Cl)cc1N1CCN(S(=O)(=O)c2cn(C3CCCC3)nc2C)CC1. The second kappa shape index (κ2) is 7.69. The molecule has 2 aliphatic rings. The first-order valence-corrected chi connectivity index (χ1v) is 11.7. The molecule has 1 saturated carbocycles. The summed E-state index contributed by atoms with van der Waals surface area (Å²) in [5.74, 6) is 0. The molecule has 0 amide bonds. The van der Waals surface area contributed by atoms with E-state index in [0.29, 0.717) is 47.8 Å². The maximum absolute atomic E-state index is 13.2. The fourth-order valence-electron chi connectivity index (χ4n) is 4.31. The van der Waals surface area contributed by atoms with Gasteiger partial charge in [-0.1, -0.05) is 30.5 Å². The summed E-state index contributed by atoms with van der Waals surface area (Å²) in [6.45, 7) is 6.07. The third kappa shape index (κ3) is 3.67. The van der Waals surface area contributed by atoms with Gasteiger partial charge in [-0.2, -0.15) is 9.40 Å². The lowest BCUT2D eigenvalue weighted by Crippen LogP contribution is -2.48. The molecule has 4 rings (SSSR count). The zero-order valence-corrected chi connectivity index (χ0v) is 18.0. The predicted molar refractivity (Wildman–Crippen MR) is 112 cm³/mol. The van der Waals surface area contributed by atoms with Crippen LogP contribution in [0.1, 0.15) is 43.0 Å². The van der Waals surface area contributed by atoms with Crippen molar-refractivity contribution in [2.75, 3.05) is 31.1 Å². The Labute approximate surface area is 172 Å². The zero-order chi connectivity index (χ0) is 19.9. The number of hydrogen-bond acceptors (Lipinski definition) is 4. The van der Waals surface area contributed by atoms with E-state index in [9.17, 15) is 8.42 Å². The van der Waals surface area contributed by atoms with Gasteiger partial charge in [0.2, 0.25) is 10.0 Å². The number of rotatable bonds is 4. The normalized spacial score (nSPS) is 19.5. The molecule has 1 aromatic carbocycles. The number of aromatic nitrogens is 2. The van der Waals surface area contributed by atoms with Gasteiger partial charge >= 0.3 is 0 Å². The molecule has 152 valence electrons. The van der Waals surface area contributed by atoms with E-state index in [1.54, 1.807) is 17.4 Å². The monoisotopic (exact) mass is 422 g/mol. The van der Waals surface area contributed by atoms with Gasteiger partial charge in [0.05, 0.1) is 11.7 Å². The van der Waals surface area contributed by atoms with Crippen molar-refractivity contribution in [3.8, 4) is 0 Å². The van der Waals surface area contributed by atoms with Crippen LogP contribution in [0.3, 0.4) is 0 Å². The molecular weight excluding hydrogens is 396 g/mol. The topological polar surface area (TPSA) is 58.4 Å². The summed E-state index contributed by atoms with van der Waals surface area (Å²) >= 11 is 6.15. The summed E-state index contributed by atoms with van der Waals surface area (Å²) in [5, 5.41) is 5.22. The van der Waals surface area contributed by atoms with Crippen LogP contribution in [0, 0.1) is 13.8 Å². The molecule has 8 heteroatoms. The molecule has 0 radical (unpaired) electrons. The van der Waals surface area contributed by atoms with E-state index in [2.05, 4.69) is 16.9 Å². The molecule has 0 unspecified atom stereocenters. The van der Waals surface area contributed by atoms with Crippen LogP contribution < -0.4 is 4.90 Å². The molecule has 2 heterocycles. The van der Waals surface area contributed by atoms with Crippen molar-refractivity contribution in [1.82, 2.24) is 14.1 Å². The number of piperazine rings is 1. The number of sulfonamides is 1. The Balaban J connectivity index is 1.50. The Morgan fingerprint density at radius 3 is 2.43 bits per heavy atom. The number of anilines is 1. The fourth-order valence-corrected chi connectivity index (χ4v) is 6.05. The fraction of sp³-hybridized carbons (Fsp3) is 0.550. The van der Waals surface area contributed by atoms with Gasteiger partial charge in [-0.25, -0.2) is 8.42 Å². The highest BCUT2D eigenvalue weighted by Gasteiger charge is 2.32. The van der Waals surface area contributed by atoms with Crippen molar-refractivity contribution in [1.29, 1.82) is 0 Å². The summed E-state index contributed by atoms with van der Waals surface area (Å²) in [7, 11) is -3.53. The average Bonchev–Trinajstić information content (AvgIpc) is 3.33. The van der Waals surface area contributed by atoms with Crippen LogP contribution in [0.5, 0.6) is 0 Å². The molecule has 1 aliphatic heterocycles. The van der Waals surface area contributed by atoms with E-state index in [1.807, 2.05) is 22.9 Å². The molecule has 0 atom stereocenters. The van der Waals surface area contributed by atoms with E-state index in [1.165, 1.54) is 12.8 Å². The molecule has 28 heavy (non-hydrogen) atoms. The van der Waals surface area contributed by atoms with Crippen LogP contribution in [0.15, 0.2) is 29.3 Å². The molecule has 1 aromatic heterocycles. The van der Waals surface area contributed by atoms with Gasteiger partial charge in [-0.05, 0) is 44.4 Å². The van der Waals surface area contributed by atoms with Crippen LogP contribution in [0.4, 0.5) is 5.69 Å². The highest BCUT2D eigenvalue weighted by atomic mass is 35.5. The summed E-state index contributed by atoms with van der Waals surface area (Å²) in [6.07, 6.45) is 6.29. The Kier molecular flexibility index (Phi) is 5.42. The molecule has 2 aromatic rings. The maximum atomic E-state index is 13.2. The molecule has 0 bridgehead atoms. The van der Waals surface area contributed by atoms with E-state index in [4.69, 9.17) is 11.6 Å². The quantitative estimate of drug-likeness (QED) is 0.752. The third-order valence-electron chi connectivity index (χ3n) is 5.94. The van der Waals surface area contributed by atoms with Gasteiger partial charge in [0.25, 0.3) is 0 Å². The zero-order valence-electron chi connectivity index (χ0n) is 16.4. The molecule has 6 nitrogen and oxygen atoms in total. The minimum absolute atomic E-state index is 0.338. The molecule has 0 spiro atoms. The molecule has 2 fully saturated rings. The van der Waals surface area contributed by atoms with Gasteiger partial charge in [0.15, 0.2) is 0 Å². The summed E-state index contributed by atoms with van der Waals surface area (Å²) < 4.78 is 29.9. The van der Waals surface area contributed by atoms with Crippen molar-refractivity contribution in [3.63, 3.8) is 0 Å². The number of halogens is 1. The third-order valence-corrected chi connectivity index (χ3v) is 8.18. The second-order valence-electron chi connectivity index (χ2n) is 7.82. The first-order chi connectivity index (χ1) is 13.4. The van der Waals surface area contributed by atoms with Crippen molar-refractivity contribution in [2.45, 2.75) is 50.5 Å². The first kappa shape index (κ1) is 19.7. The molecule has 1 aliphatic carbocycles. The second-order valence-corrected chi connectivity index (χ2v) is 10.2. The van der Waals surface area contributed by atoms with Gasteiger partial charge in [-0.3, -0.25) is 4.68 Å². The largest absolute Gasteiger partial charge is 0.369 e. The molecule has 0 N–H and O–H groups in total. The van der Waals surface area contributed by atoms with Gasteiger partial charge < -0.3 is 4.90 Å². The van der Waals surface area contributed by atoms with Crippen molar-refractivity contribution in [3.05, 3.63) is 40.7 Å². The highest BCUT2D eigenvalue weighted by molar-refractivity contribution is 7.89.